The van der Waals surface area contributed by atoms with Gasteiger partial charge in [0.2, 0.25) is 0 Å². The molecule has 3 aromatic carbocycles. The molecule has 0 aliphatic rings. The number of halogens is 1. The average Bonchev–Trinajstić information content (AvgIpc) is 2.85. The molecule has 1 heterocycles. The summed E-state index contributed by atoms with van der Waals surface area (Å²) >= 11 is 0. The molecule has 0 unspecified atom stereocenters. The summed E-state index contributed by atoms with van der Waals surface area (Å²) in [5.41, 5.74) is 2.54. The van der Waals surface area contributed by atoms with Gasteiger partial charge in [0.05, 0.1) is 6.20 Å². The van der Waals surface area contributed by atoms with E-state index < -0.39 is 23.7 Å². The first-order chi connectivity index (χ1) is 16.0. The standard InChI is InChI=1S/C26H21FN4O2/c1-18-7-5-6-10-22(18)24(25(32)30-20-13-11-19(27)12-14-20)31(21-8-3-2-4-9-21)26(33)23-17-28-15-16-29-23/h2-17,24H,1H3,(H,30,32)/t24-/m0/s1. The highest BCUT2D eigenvalue weighted by atomic mass is 19.1. The highest BCUT2D eigenvalue weighted by Crippen LogP contribution is 2.32. The first-order valence-electron chi connectivity index (χ1n) is 10.3. The Morgan fingerprint density at radius 2 is 1.61 bits per heavy atom. The van der Waals surface area contributed by atoms with Crippen molar-refractivity contribution in [2.24, 2.45) is 0 Å². The predicted molar refractivity (Wildman–Crippen MR) is 124 cm³/mol. The lowest BCUT2D eigenvalue weighted by molar-refractivity contribution is -0.117. The molecule has 1 aromatic heterocycles. The van der Waals surface area contributed by atoms with Crippen LogP contribution >= 0.6 is 0 Å². The Bertz CT molecular complexity index is 1250. The molecule has 0 aliphatic carbocycles. The molecule has 0 aliphatic heterocycles. The summed E-state index contributed by atoms with van der Waals surface area (Å²) in [7, 11) is 0. The maximum absolute atomic E-state index is 13.7. The van der Waals surface area contributed by atoms with Crippen molar-refractivity contribution in [2.45, 2.75) is 13.0 Å². The number of aromatic nitrogens is 2. The van der Waals surface area contributed by atoms with E-state index in [4.69, 9.17) is 0 Å². The molecule has 2 amide bonds. The van der Waals surface area contributed by atoms with Gasteiger partial charge in [-0.2, -0.15) is 0 Å². The van der Waals surface area contributed by atoms with E-state index in [0.717, 1.165) is 5.56 Å². The molecule has 0 spiro atoms. The van der Waals surface area contributed by atoms with Crippen LogP contribution in [-0.2, 0) is 4.79 Å². The van der Waals surface area contributed by atoms with Crippen molar-refractivity contribution >= 4 is 23.2 Å². The molecule has 6 nitrogen and oxygen atoms in total. The van der Waals surface area contributed by atoms with Crippen LogP contribution in [0.1, 0.15) is 27.7 Å². The minimum Gasteiger partial charge on any atom is -0.324 e. The topological polar surface area (TPSA) is 75.2 Å². The molecule has 0 bridgehead atoms. The SMILES string of the molecule is Cc1ccccc1[C@@H](C(=O)Nc1ccc(F)cc1)N(C(=O)c1cnccn1)c1ccccc1. The van der Waals surface area contributed by atoms with E-state index in [0.29, 0.717) is 16.9 Å². The molecule has 1 N–H and O–H groups in total. The van der Waals surface area contributed by atoms with Crippen LogP contribution < -0.4 is 10.2 Å². The van der Waals surface area contributed by atoms with Crippen LogP contribution in [0.25, 0.3) is 0 Å². The van der Waals surface area contributed by atoms with E-state index in [9.17, 15) is 14.0 Å². The van der Waals surface area contributed by atoms with Gasteiger partial charge >= 0.3 is 0 Å². The fourth-order valence-corrected chi connectivity index (χ4v) is 3.54. The van der Waals surface area contributed by atoms with Crippen LogP contribution in [0.4, 0.5) is 15.8 Å². The molecule has 164 valence electrons. The third-order valence-corrected chi connectivity index (χ3v) is 5.14. The van der Waals surface area contributed by atoms with E-state index in [2.05, 4.69) is 15.3 Å². The molecule has 0 saturated heterocycles. The van der Waals surface area contributed by atoms with Gasteiger partial charge in [-0.15, -0.1) is 0 Å². The van der Waals surface area contributed by atoms with Crippen LogP contribution in [-0.4, -0.2) is 21.8 Å². The number of hydrogen-bond acceptors (Lipinski definition) is 4. The second kappa shape index (κ2) is 9.82. The molecular formula is C26H21FN4O2. The Morgan fingerprint density at radius 3 is 2.27 bits per heavy atom. The smallest absolute Gasteiger partial charge is 0.279 e. The van der Waals surface area contributed by atoms with E-state index in [-0.39, 0.29) is 5.69 Å². The molecule has 33 heavy (non-hydrogen) atoms. The van der Waals surface area contributed by atoms with Gasteiger partial charge in [0.25, 0.3) is 11.8 Å². The number of nitrogens with one attached hydrogen (secondary N) is 1. The first-order valence-corrected chi connectivity index (χ1v) is 10.3. The van der Waals surface area contributed by atoms with Gasteiger partial charge in [-0.1, -0.05) is 42.5 Å². The number of para-hydroxylation sites is 1. The number of carbonyl (C=O) groups excluding carboxylic acids is 2. The number of aryl methyl sites for hydroxylation is 1. The molecular weight excluding hydrogens is 419 g/mol. The van der Waals surface area contributed by atoms with Gasteiger partial charge in [-0.3, -0.25) is 19.5 Å². The van der Waals surface area contributed by atoms with Gasteiger partial charge in [0, 0.05) is 23.8 Å². The molecule has 0 radical (unpaired) electrons. The summed E-state index contributed by atoms with van der Waals surface area (Å²) in [4.78, 5) is 36.9. The summed E-state index contributed by atoms with van der Waals surface area (Å²) in [6.07, 6.45) is 4.27. The monoisotopic (exact) mass is 440 g/mol. The number of nitrogens with zero attached hydrogens (tertiary/aromatic N) is 3. The van der Waals surface area contributed by atoms with Gasteiger partial charge in [0.1, 0.15) is 17.6 Å². The first kappa shape index (κ1) is 21.8. The lowest BCUT2D eigenvalue weighted by atomic mass is 9.97. The molecule has 4 rings (SSSR count). The Balaban J connectivity index is 1.84. The van der Waals surface area contributed by atoms with Crippen molar-refractivity contribution in [1.29, 1.82) is 0 Å². The van der Waals surface area contributed by atoms with Gasteiger partial charge in [0.15, 0.2) is 0 Å². The van der Waals surface area contributed by atoms with Crippen molar-refractivity contribution in [3.63, 3.8) is 0 Å². The van der Waals surface area contributed by atoms with Gasteiger partial charge in [-0.05, 0) is 54.4 Å². The van der Waals surface area contributed by atoms with Crippen LogP contribution in [0.15, 0.2) is 97.5 Å². The number of hydrogen-bond donors (Lipinski definition) is 1. The highest BCUT2D eigenvalue weighted by molar-refractivity contribution is 6.11. The van der Waals surface area contributed by atoms with E-state index in [1.165, 1.54) is 47.8 Å². The Labute approximate surface area is 190 Å². The Kier molecular flexibility index (Phi) is 6.50. The Hall–Kier alpha value is -4.39. The lowest BCUT2D eigenvalue weighted by Crippen LogP contribution is -2.42. The Morgan fingerprint density at radius 1 is 0.909 bits per heavy atom. The molecule has 1 atom stereocenters. The average molecular weight is 440 g/mol. The fourth-order valence-electron chi connectivity index (χ4n) is 3.54. The normalized spacial score (nSPS) is 11.5. The quantitative estimate of drug-likeness (QED) is 0.460. The van der Waals surface area contributed by atoms with Crippen molar-refractivity contribution in [2.75, 3.05) is 10.2 Å². The van der Waals surface area contributed by atoms with Crippen molar-refractivity contribution in [3.05, 3.63) is 120 Å². The second-order valence-corrected chi connectivity index (χ2v) is 7.36. The third kappa shape index (κ3) is 4.93. The number of anilines is 2. The minimum atomic E-state index is -1.02. The summed E-state index contributed by atoms with van der Waals surface area (Å²) < 4.78 is 13.4. The van der Waals surface area contributed by atoms with E-state index in [1.807, 2.05) is 37.3 Å². The predicted octanol–water partition coefficient (Wildman–Crippen LogP) is 4.95. The number of benzene rings is 3. The van der Waals surface area contributed by atoms with Crippen LogP contribution in [0.2, 0.25) is 0 Å². The third-order valence-electron chi connectivity index (χ3n) is 5.14. The number of carbonyl (C=O) groups is 2. The number of amides is 2. The van der Waals surface area contributed by atoms with Crippen molar-refractivity contribution in [3.8, 4) is 0 Å². The minimum absolute atomic E-state index is 0.106. The van der Waals surface area contributed by atoms with Crippen LogP contribution in [0.3, 0.4) is 0 Å². The zero-order valence-corrected chi connectivity index (χ0v) is 17.9. The summed E-state index contributed by atoms with van der Waals surface area (Å²) in [5.74, 6) is -1.33. The summed E-state index contributed by atoms with van der Waals surface area (Å²) in [6, 6.07) is 20.7. The summed E-state index contributed by atoms with van der Waals surface area (Å²) in [5, 5.41) is 2.82. The van der Waals surface area contributed by atoms with Gasteiger partial charge in [-0.25, -0.2) is 9.37 Å². The maximum atomic E-state index is 13.7. The number of rotatable bonds is 6. The summed E-state index contributed by atoms with van der Waals surface area (Å²) in [6.45, 7) is 1.88. The zero-order chi connectivity index (χ0) is 23.2. The molecule has 4 aromatic rings. The van der Waals surface area contributed by atoms with Crippen LogP contribution in [0, 0.1) is 12.7 Å². The zero-order valence-electron chi connectivity index (χ0n) is 17.9. The lowest BCUT2D eigenvalue weighted by Gasteiger charge is -2.32. The van der Waals surface area contributed by atoms with Gasteiger partial charge < -0.3 is 5.32 Å². The van der Waals surface area contributed by atoms with Crippen molar-refractivity contribution < 1.29 is 14.0 Å². The van der Waals surface area contributed by atoms with E-state index >= 15 is 0 Å². The maximum Gasteiger partial charge on any atom is 0.279 e. The highest BCUT2D eigenvalue weighted by Gasteiger charge is 2.35. The molecule has 0 saturated carbocycles. The largest absolute Gasteiger partial charge is 0.324 e. The fraction of sp³-hybridized carbons (Fsp3) is 0.0769. The molecule has 7 heteroatoms. The van der Waals surface area contributed by atoms with E-state index in [1.54, 1.807) is 24.3 Å². The molecule has 0 fully saturated rings. The van der Waals surface area contributed by atoms with Crippen molar-refractivity contribution in [1.82, 2.24) is 9.97 Å². The second-order valence-electron chi connectivity index (χ2n) is 7.36. The van der Waals surface area contributed by atoms with Crippen LogP contribution in [0.5, 0.6) is 0 Å².